The maximum Gasteiger partial charge on any atom is 0.259 e. The Bertz CT molecular complexity index is 243. The molecule has 0 fully saturated rings. The van der Waals surface area contributed by atoms with Crippen LogP contribution in [0.5, 0.6) is 0 Å². The number of hydrogen-bond acceptors (Lipinski definition) is 5. The molecule has 126 valence electrons. The Balaban J connectivity index is 3.19. The maximum atomic E-state index is 10.8. The smallest absolute Gasteiger partial charge is 0.259 e. The second-order valence-corrected chi connectivity index (χ2v) is 5.79. The van der Waals surface area contributed by atoms with Crippen molar-refractivity contribution in [3.8, 4) is 0 Å². The molecule has 0 aliphatic rings. The van der Waals surface area contributed by atoms with Crippen LogP contribution in [0.3, 0.4) is 0 Å². The third kappa shape index (κ3) is 15.9. The standard InChI is InChI=1S/C15H32N2O3S/c1-2-3-4-5-6-7-8-9-10-15(21)20-12-11-19-13-14(18)17-16/h15,21H,2-13,16H2,1H3,(H,17,18). The number of carbonyl (C=O) groups is 1. The van der Waals surface area contributed by atoms with Gasteiger partial charge in [0.2, 0.25) is 0 Å². The molecule has 0 radical (unpaired) electrons. The minimum Gasteiger partial charge on any atom is -0.369 e. The van der Waals surface area contributed by atoms with E-state index in [2.05, 4.69) is 19.6 Å². The Kier molecular flexibility index (Phi) is 15.8. The molecule has 0 aliphatic carbocycles. The van der Waals surface area contributed by atoms with Crippen LogP contribution >= 0.6 is 12.6 Å². The number of nitrogens with one attached hydrogen (secondary N) is 1. The van der Waals surface area contributed by atoms with Crippen molar-refractivity contribution < 1.29 is 14.3 Å². The molecule has 6 heteroatoms. The number of amides is 1. The van der Waals surface area contributed by atoms with E-state index in [1.807, 2.05) is 5.43 Å². The molecule has 0 rings (SSSR count). The molecule has 21 heavy (non-hydrogen) atoms. The molecule has 5 nitrogen and oxygen atoms in total. The van der Waals surface area contributed by atoms with E-state index in [1.165, 1.54) is 44.9 Å². The van der Waals surface area contributed by atoms with Crippen LogP contribution in [0.15, 0.2) is 0 Å². The Morgan fingerprint density at radius 2 is 1.71 bits per heavy atom. The van der Waals surface area contributed by atoms with E-state index >= 15 is 0 Å². The molecular formula is C15H32N2O3S. The van der Waals surface area contributed by atoms with Gasteiger partial charge in [-0.25, -0.2) is 5.84 Å². The molecule has 1 amide bonds. The lowest BCUT2D eigenvalue weighted by atomic mass is 10.1. The first-order valence-electron chi connectivity index (χ1n) is 8.07. The lowest BCUT2D eigenvalue weighted by molar-refractivity contribution is -0.126. The summed E-state index contributed by atoms with van der Waals surface area (Å²) in [4.78, 5) is 10.8. The van der Waals surface area contributed by atoms with Crippen molar-refractivity contribution in [1.29, 1.82) is 0 Å². The molecule has 1 atom stereocenters. The summed E-state index contributed by atoms with van der Waals surface area (Å²) in [7, 11) is 0. The van der Waals surface area contributed by atoms with Crippen molar-refractivity contribution in [2.45, 2.75) is 70.1 Å². The molecule has 0 saturated carbocycles. The zero-order chi connectivity index (χ0) is 15.8. The first-order chi connectivity index (χ1) is 10.2. The van der Waals surface area contributed by atoms with Crippen LogP contribution in [-0.2, 0) is 14.3 Å². The first kappa shape index (κ1) is 20.7. The number of rotatable bonds is 15. The Morgan fingerprint density at radius 3 is 2.33 bits per heavy atom. The largest absolute Gasteiger partial charge is 0.369 e. The van der Waals surface area contributed by atoms with E-state index in [4.69, 9.17) is 15.3 Å². The maximum absolute atomic E-state index is 10.8. The van der Waals surface area contributed by atoms with Crippen LogP contribution < -0.4 is 11.3 Å². The van der Waals surface area contributed by atoms with Crippen LogP contribution in [0.25, 0.3) is 0 Å². The molecule has 1 unspecified atom stereocenters. The third-order valence-corrected chi connectivity index (χ3v) is 3.64. The third-order valence-electron chi connectivity index (χ3n) is 3.24. The number of carbonyl (C=O) groups excluding carboxylic acids is 1. The van der Waals surface area contributed by atoms with Gasteiger partial charge < -0.3 is 9.47 Å². The van der Waals surface area contributed by atoms with E-state index in [0.717, 1.165) is 12.8 Å². The fourth-order valence-corrected chi connectivity index (χ4v) is 2.27. The average molecular weight is 320 g/mol. The molecular weight excluding hydrogens is 288 g/mol. The Hall–Kier alpha value is -0.300. The quantitative estimate of drug-likeness (QED) is 0.108. The van der Waals surface area contributed by atoms with Crippen molar-refractivity contribution in [2.75, 3.05) is 19.8 Å². The molecule has 0 aromatic rings. The molecule has 0 saturated heterocycles. The zero-order valence-electron chi connectivity index (χ0n) is 13.3. The van der Waals surface area contributed by atoms with E-state index in [0.29, 0.717) is 13.2 Å². The fraction of sp³-hybridized carbons (Fsp3) is 0.933. The SMILES string of the molecule is CCCCCCCCCCC(S)OCCOCC(=O)NN. The van der Waals surface area contributed by atoms with Gasteiger partial charge in [-0.1, -0.05) is 58.3 Å². The predicted molar refractivity (Wildman–Crippen MR) is 89.1 cm³/mol. The van der Waals surface area contributed by atoms with Crippen LogP contribution in [0.2, 0.25) is 0 Å². The van der Waals surface area contributed by atoms with Crippen molar-refractivity contribution >= 4 is 18.5 Å². The lowest BCUT2D eigenvalue weighted by Gasteiger charge is -2.12. The summed E-state index contributed by atoms with van der Waals surface area (Å²) in [5.41, 5.74) is 1.96. The Labute approximate surface area is 134 Å². The number of nitrogens with two attached hydrogens (primary N) is 1. The lowest BCUT2D eigenvalue weighted by Crippen LogP contribution is -2.33. The first-order valence-corrected chi connectivity index (χ1v) is 8.59. The van der Waals surface area contributed by atoms with Gasteiger partial charge in [0.15, 0.2) is 0 Å². The molecule has 0 aromatic carbocycles. The highest BCUT2D eigenvalue weighted by molar-refractivity contribution is 7.80. The molecule has 3 N–H and O–H groups in total. The minimum absolute atomic E-state index is 0.0326. The van der Waals surface area contributed by atoms with Gasteiger partial charge >= 0.3 is 0 Å². The summed E-state index contributed by atoms with van der Waals surface area (Å²) in [5.74, 6) is 4.59. The van der Waals surface area contributed by atoms with Crippen molar-refractivity contribution in [2.24, 2.45) is 5.84 Å². The minimum atomic E-state index is -0.337. The van der Waals surface area contributed by atoms with Gasteiger partial charge in [0, 0.05) is 0 Å². The summed E-state index contributed by atoms with van der Waals surface area (Å²) in [6, 6.07) is 0. The Morgan fingerprint density at radius 1 is 1.10 bits per heavy atom. The normalized spacial score (nSPS) is 12.3. The predicted octanol–water partition coefficient (Wildman–Crippen LogP) is 2.80. The van der Waals surface area contributed by atoms with Crippen LogP contribution in [0, 0.1) is 0 Å². The van der Waals surface area contributed by atoms with Crippen molar-refractivity contribution in [1.82, 2.24) is 5.43 Å². The number of unbranched alkanes of at least 4 members (excludes halogenated alkanes) is 7. The van der Waals surface area contributed by atoms with E-state index in [-0.39, 0.29) is 18.0 Å². The number of hydrogen-bond donors (Lipinski definition) is 3. The molecule has 0 aromatic heterocycles. The summed E-state index contributed by atoms with van der Waals surface area (Å²) in [5, 5.41) is 0. The van der Waals surface area contributed by atoms with Crippen molar-refractivity contribution in [3.05, 3.63) is 0 Å². The second-order valence-electron chi connectivity index (χ2n) is 5.21. The fourth-order valence-electron chi connectivity index (χ4n) is 1.99. The van der Waals surface area contributed by atoms with Crippen LogP contribution in [0.4, 0.5) is 0 Å². The highest BCUT2D eigenvalue weighted by Crippen LogP contribution is 2.13. The molecule has 0 spiro atoms. The summed E-state index contributed by atoms with van der Waals surface area (Å²) < 4.78 is 10.6. The van der Waals surface area contributed by atoms with E-state index < -0.39 is 0 Å². The number of ether oxygens (including phenoxy) is 2. The van der Waals surface area contributed by atoms with Crippen molar-refractivity contribution in [3.63, 3.8) is 0 Å². The van der Waals surface area contributed by atoms with E-state index in [9.17, 15) is 4.79 Å². The molecule has 0 bridgehead atoms. The molecule has 0 aliphatic heterocycles. The topological polar surface area (TPSA) is 73.6 Å². The summed E-state index contributed by atoms with van der Waals surface area (Å²) >= 11 is 4.39. The van der Waals surface area contributed by atoms with Gasteiger partial charge in [-0.15, -0.1) is 12.6 Å². The zero-order valence-corrected chi connectivity index (χ0v) is 14.2. The highest BCUT2D eigenvalue weighted by atomic mass is 32.1. The van der Waals surface area contributed by atoms with Gasteiger partial charge in [-0.05, 0) is 6.42 Å². The highest BCUT2D eigenvalue weighted by Gasteiger charge is 2.03. The van der Waals surface area contributed by atoms with E-state index in [1.54, 1.807) is 0 Å². The average Bonchev–Trinajstić information content (AvgIpc) is 2.49. The van der Waals surface area contributed by atoms with Gasteiger partial charge in [0.1, 0.15) is 12.0 Å². The monoisotopic (exact) mass is 320 g/mol. The van der Waals surface area contributed by atoms with Crippen LogP contribution in [0.1, 0.15) is 64.7 Å². The number of hydrazine groups is 1. The summed E-state index contributed by atoms with van der Waals surface area (Å²) in [6.07, 6.45) is 11.4. The van der Waals surface area contributed by atoms with Gasteiger partial charge in [0.05, 0.1) is 13.2 Å². The van der Waals surface area contributed by atoms with Gasteiger partial charge in [-0.2, -0.15) is 0 Å². The second kappa shape index (κ2) is 16.1. The van der Waals surface area contributed by atoms with Gasteiger partial charge in [-0.3, -0.25) is 10.2 Å². The number of thiol groups is 1. The van der Waals surface area contributed by atoms with Crippen LogP contribution in [-0.4, -0.2) is 31.2 Å². The summed E-state index contributed by atoms with van der Waals surface area (Å²) in [6.45, 7) is 3.03. The van der Waals surface area contributed by atoms with Gasteiger partial charge in [0.25, 0.3) is 5.91 Å². The molecule has 0 heterocycles.